The van der Waals surface area contributed by atoms with Gasteiger partial charge in [0.05, 0.1) is 13.0 Å². The van der Waals surface area contributed by atoms with Crippen molar-refractivity contribution in [1.82, 2.24) is 9.80 Å². The van der Waals surface area contributed by atoms with Crippen molar-refractivity contribution in [3.63, 3.8) is 0 Å². The number of hydrogen-bond donors (Lipinski definition) is 0. The molecule has 0 spiro atoms. The predicted octanol–water partition coefficient (Wildman–Crippen LogP) is 1.35. The van der Waals surface area contributed by atoms with E-state index in [1.165, 1.54) is 19.4 Å². The van der Waals surface area contributed by atoms with Crippen molar-refractivity contribution in [2.24, 2.45) is 0 Å². The normalized spacial score (nSPS) is 23.7. The monoisotopic (exact) mass is 242 g/mol. The van der Waals surface area contributed by atoms with Gasteiger partial charge in [-0.2, -0.15) is 0 Å². The van der Waals surface area contributed by atoms with Gasteiger partial charge in [0, 0.05) is 18.6 Å². The lowest BCUT2D eigenvalue weighted by molar-refractivity contribution is -0.144. The number of esters is 1. The molecule has 4 nitrogen and oxygen atoms in total. The Hall–Kier alpha value is -0.610. The Balaban J connectivity index is 2.39. The van der Waals surface area contributed by atoms with Crippen LogP contribution < -0.4 is 0 Å². The van der Waals surface area contributed by atoms with E-state index >= 15 is 0 Å². The first-order chi connectivity index (χ1) is 8.04. The molecule has 0 aliphatic carbocycles. The number of ether oxygens (including phenoxy) is 1. The number of piperidine rings is 1. The van der Waals surface area contributed by atoms with Gasteiger partial charge in [0.15, 0.2) is 0 Å². The third kappa shape index (κ3) is 4.64. The number of hydrogen-bond acceptors (Lipinski definition) is 4. The van der Waals surface area contributed by atoms with Crippen LogP contribution in [0.3, 0.4) is 0 Å². The Kier molecular flexibility index (Phi) is 5.92. The third-order valence-electron chi connectivity index (χ3n) is 3.64. The Morgan fingerprint density at radius 3 is 2.88 bits per heavy atom. The molecule has 2 atom stereocenters. The molecule has 2 unspecified atom stereocenters. The van der Waals surface area contributed by atoms with E-state index in [0.29, 0.717) is 19.1 Å². The maximum atomic E-state index is 11.4. The molecule has 0 radical (unpaired) electrons. The zero-order valence-electron chi connectivity index (χ0n) is 11.6. The predicted molar refractivity (Wildman–Crippen MR) is 69.0 cm³/mol. The fourth-order valence-electron chi connectivity index (χ4n) is 2.44. The summed E-state index contributed by atoms with van der Waals surface area (Å²) in [6.07, 6.45) is 2.97. The first-order valence-corrected chi connectivity index (χ1v) is 6.60. The molecule has 1 saturated heterocycles. The molecule has 0 bridgehead atoms. The van der Waals surface area contributed by atoms with E-state index in [-0.39, 0.29) is 12.0 Å². The van der Waals surface area contributed by atoms with Crippen molar-refractivity contribution in [3.8, 4) is 0 Å². The summed E-state index contributed by atoms with van der Waals surface area (Å²) in [7, 11) is 4.28. The number of rotatable bonds is 5. The van der Waals surface area contributed by atoms with E-state index in [0.717, 1.165) is 6.54 Å². The SMILES string of the molecule is CCOC(=O)CC(C)N(C)C1CCCN(C)C1. The topological polar surface area (TPSA) is 32.8 Å². The molecule has 100 valence electrons. The zero-order valence-corrected chi connectivity index (χ0v) is 11.6. The van der Waals surface area contributed by atoms with Crippen LogP contribution in [0.15, 0.2) is 0 Å². The zero-order chi connectivity index (χ0) is 12.8. The van der Waals surface area contributed by atoms with Gasteiger partial charge in [0.2, 0.25) is 0 Å². The highest BCUT2D eigenvalue weighted by molar-refractivity contribution is 5.70. The molecule has 0 amide bonds. The number of likely N-dealkylation sites (N-methyl/N-ethyl adjacent to an activating group) is 2. The summed E-state index contributed by atoms with van der Waals surface area (Å²) in [6.45, 7) is 6.72. The van der Waals surface area contributed by atoms with Crippen molar-refractivity contribution in [2.45, 2.75) is 45.2 Å². The molecule has 1 aliphatic rings. The maximum absolute atomic E-state index is 11.4. The minimum atomic E-state index is -0.0870. The summed E-state index contributed by atoms with van der Waals surface area (Å²) in [4.78, 5) is 16.1. The van der Waals surface area contributed by atoms with E-state index in [2.05, 4.69) is 30.8 Å². The van der Waals surface area contributed by atoms with Crippen LogP contribution >= 0.6 is 0 Å². The van der Waals surface area contributed by atoms with Gasteiger partial charge in [-0.15, -0.1) is 0 Å². The van der Waals surface area contributed by atoms with Crippen molar-refractivity contribution in [2.75, 3.05) is 33.8 Å². The second kappa shape index (κ2) is 6.97. The highest BCUT2D eigenvalue weighted by Crippen LogP contribution is 2.17. The molecule has 0 aromatic heterocycles. The second-order valence-electron chi connectivity index (χ2n) is 5.08. The average Bonchev–Trinajstić information content (AvgIpc) is 2.28. The van der Waals surface area contributed by atoms with Crippen molar-refractivity contribution in [1.29, 1.82) is 0 Å². The first kappa shape index (κ1) is 14.5. The molecular formula is C13H26N2O2. The maximum Gasteiger partial charge on any atom is 0.307 e. The number of carbonyl (C=O) groups is 1. The smallest absolute Gasteiger partial charge is 0.307 e. The minimum Gasteiger partial charge on any atom is -0.466 e. The van der Waals surface area contributed by atoms with Gasteiger partial charge in [0.25, 0.3) is 0 Å². The summed E-state index contributed by atoms with van der Waals surface area (Å²) in [5, 5.41) is 0. The lowest BCUT2D eigenvalue weighted by Gasteiger charge is -2.38. The van der Waals surface area contributed by atoms with E-state index in [9.17, 15) is 4.79 Å². The third-order valence-corrected chi connectivity index (χ3v) is 3.64. The fourth-order valence-corrected chi connectivity index (χ4v) is 2.44. The van der Waals surface area contributed by atoms with Gasteiger partial charge in [-0.3, -0.25) is 9.69 Å². The van der Waals surface area contributed by atoms with Crippen molar-refractivity contribution < 1.29 is 9.53 Å². The molecule has 1 aliphatic heterocycles. The Morgan fingerprint density at radius 2 is 2.29 bits per heavy atom. The molecule has 0 N–H and O–H groups in total. The van der Waals surface area contributed by atoms with Gasteiger partial charge in [-0.25, -0.2) is 0 Å². The molecule has 1 fully saturated rings. The van der Waals surface area contributed by atoms with Gasteiger partial charge in [0.1, 0.15) is 0 Å². The fraction of sp³-hybridized carbons (Fsp3) is 0.923. The average molecular weight is 242 g/mol. The van der Waals surface area contributed by atoms with E-state index < -0.39 is 0 Å². The van der Waals surface area contributed by atoms with Gasteiger partial charge < -0.3 is 9.64 Å². The highest BCUT2D eigenvalue weighted by atomic mass is 16.5. The van der Waals surface area contributed by atoms with Crippen LogP contribution in [0.5, 0.6) is 0 Å². The molecular weight excluding hydrogens is 216 g/mol. The second-order valence-corrected chi connectivity index (χ2v) is 5.08. The Bertz CT molecular complexity index is 246. The van der Waals surface area contributed by atoms with E-state index in [4.69, 9.17) is 4.74 Å². The number of likely N-dealkylation sites (tertiary alicyclic amines) is 1. The van der Waals surface area contributed by atoms with Gasteiger partial charge >= 0.3 is 5.97 Å². The van der Waals surface area contributed by atoms with E-state index in [1.54, 1.807) is 0 Å². The molecule has 17 heavy (non-hydrogen) atoms. The van der Waals surface area contributed by atoms with Crippen molar-refractivity contribution >= 4 is 5.97 Å². The van der Waals surface area contributed by atoms with Crippen LogP contribution in [0.2, 0.25) is 0 Å². The standard InChI is InChI=1S/C13H26N2O2/c1-5-17-13(16)9-11(2)15(4)12-7-6-8-14(3)10-12/h11-12H,5-10H2,1-4H3. The lowest BCUT2D eigenvalue weighted by Crippen LogP contribution is -2.48. The highest BCUT2D eigenvalue weighted by Gasteiger charge is 2.25. The summed E-state index contributed by atoms with van der Waals surface area (Å²) in [5.41, 5.74) is 0. The van der Waals surface area contributed by atoms with Crippen LogP contribution in [-0.4, -0.2) is 61.6 Å². The molecule has 1 heterocycles. The molecule has 0 aromatic rings. The first-order valence-electron chi connectivity index (χ1n) is 6.60. The van der Waals surface area contributed by atoms with E-state index in [1.807, 2.05) is 6.92 Å². The van der Waals surface area contributed by atoms with Gasteiger partial charge in [-0.05, 0) is 47.3 Å². The Labute approximate surface area is 105 Å². The summed E-state index contributed by atoms with van der Waals surface area (Å²) in [6, 6.07) is 0.823. The van der Waals surface area contributed by atoms with Crippen LogP contribution in [-0.2, 0) is 9.53 Å². The van der Waals surface area contributed by atoms with Gasteiger partial charge in [-0.1, -0.05) is 0 Å². The van der Waals surface area contributed by atoms with Crippen LogP contribution in [0.1, 0.15) is 33.1 Å². The number of nitrogens with zero attached hydrogens (tertiary/aromatic N) is 2. The summed E-state index contributed by atoms with van der Waals surface area (Å²) < 4.78 is 5.00. The lowest BCUT2D eigenvalue weighted by atomic mass is 10.0. The largest absolute Gasteiger partial charge is 0.466 e. The minimum absolute atomic E-state index is 0.0870. The quantitative estimate of drug-likeness (QED) is 0.681. The summed E-state index contributed by atoms with van der Waals surface area (Å²) >= 11 is 0. The molecule has 0 saturated carbocycles. The van der Waals surface area contributed by atoms with Crippen LogP contribution in [0.4, 0.5) is 0 Å². The van der Waals surface area contributed by atoms with Crippen molar-refractivity contribution in [3.05, 3.63) is 0 Å². The molecule has 1 rings (SSSR count). The van der Waals surface area contributed by atoms with Crippen LogP contribution in [0, 0.1) is 0 Å². The Morgan fingerprint density at radius 1 is 1.59 bits per heavy atom. The number of carbonyl (C=O) groups excluding carboxylic acids is 1. The molecule has 0 aromatic carbocycles. The molecule has 4 heteroatoms. The summed E-state index contributed by atoms with van der Waals surface area (Å²) in [5.74, 6) is -0.0870. The van der Waals surface area contributed by atoms with Crippen LogP contribution in [0.25, 0.3) is 0 Å².